The average Bonchev–Trinajstić information content (AvgIpc) is 3.15. The lowest BCUT2D eigenvalue weighted by Crippen LogP contribution is -2.36. The van der Waals surface area contributed by atoms with E-state index in [1.807, 2.05) is 24.3 Å². The molecule has 0 spiro atoms. The summed E-state index contributed by atoms with van der Waals surface area (Å²) >= 11 is 16.7. The summed E-state index contributed by atoms with van der Waals surface area (Å²) in [5.41, 5.74) is 1.50. The van der Waals surface area contributed by atoms with Gasteiger partial charge in [0.1, 0.15) is 6.61 Å². The summed E-state index contributed by atoms with van der Waals surface area (Å²) in [6.45, 7) is 2.83. The summed E-state index contributed by atoms with van der Waals surface area (Å²) in [7, 11) is 0. The first-order valence-electron chi connectivity index (χ1n) is 10.00. The van der Waals surface area contributed by atoms with Gasteiger partial charge in [0, 0.05) is 23.5 Å². The summed E-state index contributed by atoms with van der Waals surface area (Å²) in [6.07, 6.45) is 4.60. The number of likely N-dealkylation sites (tertiary alicyclic amines) is 1. The predicted octanol–water partition coefficient (Wildman–Crippen LogP) is 4.73. The number of aromatic nitrogens is 1. The SMILES string of the molecule is O=C(CCCN1CCC(COC(=O)c2c[nH]c3ccccc23)CC1)OCC(Cl)(Cl)Cl. The Morgan fingerprint density at radius 2 is 1.87 bits per heavy atom. The van der Waals surface area contributed by atoms with E-state index in [-0.39, 0.29) is 18.5 Å². The van der Waals surface area contributed by atoms with Gasteiger partial charge in [-0.3, -0.25) is 4.79 Å². The second-order valence-corrected chi connectivity index (χ2v) is 10.0. The summed E-state index contributed by atoms with van der Waals surface area (Å²) in [6, 6.07) is 7.68. The van der Waals surface area contributed by atoms with Crippen LogP contribution in [-0.4, -0.2) is 58.5 Å². The van der Waals surface area contributed by atoms with Gasteiger partial charge in [-0.1, -0.05) is 53.0 Å². The summed E-state index contributed by atoms with van der Waals surface area (Å²) in [4.78, 5) is 29.5. The fraction of sp³-hybridized carbons (Fsp3) is 0.524. The molecule has 0 aliphatic carbocycles. The number of benzene rings is 1. The molecule has 1 aliphatic rings. The summed E-state index contributed by atoms with van der Waals surface area (Å²) in [5.74, 6) is -0.298. The van der Waals surface area contributed by atoms with Crippen molar-refractivity contribution in [2.45, 2.75) is 29.5 Å². The number of aromatic amines is 1. The standard InChI is InChI=1S/C21H25Cl3N2O4/c22-21(23,24)14-30-19(27)6-3-9-26-10-7-15(8-11-26)13-29-20(28)17-12-25-18-5-2-1-4-16(17)18/h1-2,4-5,12,15,25H,3,6-11,13-14H2. The Kier molecular flexibility index (Phi) is 8.28. The molecule has 0 atom stereocenters. The van der Waals surface area contributed by atoms with Crippen LogP contribution in [0.5, 0.6) is 0 Å². The maximum atomic E-state index is 12.4. The van der Waals surface area contributed by atoms with Gasteiger partial charge in [0.2, 0.25) is 3.79 Å². The number of halogens is 3. The molecule has 2 aromatic rings. The average molecular weight is 476 g/mol. The van der Waals surface area contributed by atoms with E-state index in [1.165, 1.54) is 0 Å². The highest BCUT2D eigenvalue weighted by atomic mass is 35.6. The van der Waals surface area contributed by atoms with Gasteiger partial charge in [-0.05, 0) is 50.9 Å². The monoisotopic (exact) mass is 474 g/mol. The van der Waals surface area contributed by atoms with Crippen molar-refractivity contribution < 1.29 is 19.1 Å². The molecular weight excluding hydrogens is 451 g/mol. The number of carbonyl (C=O) groups excluding carboxylic acids is 2. The van der Waals surface area contributed by atoms with Gasteiger partial charge in [-0.15, -0.1) is 0 Å². The predicted molar refractivity (Wildman–Crippen MR) is 118 cm³/mol. The topological polar surface area (TPSA) is 71.6 Å². The van der Waals surface area contributed by atoms with Gasteiger partial charge in [-0.25, -0.2) is 4.79 Å². The number of fused-ring (bicyclic) bond motifs is 1. The largest absolute Gasteiger partial charge is 0.462 e. The number of hydrogen-bond acceptors (Lipinski definition) is 5. The maximum Gasteiger partial charge on any atom is 0.340 e. The minimum atomic E-state index is -1.57. The third-order valence-electron chi connectivity index (χ3n) is 5.22. The molecule has 30 heavy (non-hydrogen) atoms. The van der Waals surface area contributed by atoms with Crippen molar-refractivity contribution >= 4 is 57.6 Å². The van der Waals surface area contributed by atoms with Crippen LogP contribution < -0.4 is 0 Å². The van der Waals surface area contributed by atoms with E-state index in [9.17, 15) is 9.59 Å². The first-order chi connectivity index (χ1) is 14.3. The molecule has 0 amide bonds. The number of rotatable bonds is 8. The van der Waals surface area contributed by atoms with E-state index in [1.54, 1.807) is 6.20 Å². The van der Waals surface area contributed by atoms with Gasteiger partial charge in [-0.2, -0.15) is 0 Å². The number of ether oxygens (including phenoxy) is 2. The molecule has 2 heterocycles. The summed E-state index contributed by atoms with van der Waals surface area (Å²) in [5, 5.41) is 0.879. The van der Waals surface area contributed by atoms with Crippen LogP contribution in [0.4, 0.5) is 0 Å². The fourth-order valence-corrected chi connectivity index (χ4v) is 3.73. The lowest BCUT2D eigenvalue weighted by molar-refractivity contribution is -0.143. The Bertz CT molecular complexity index is 857. The van der Waals surface area contributed by atoms with Gasteiger partial charge >= 0.3 is 11.9 Å². The zero-order valence-corrected chi connectivity index (χ0v) is 18.8. The van der Waals surface area contributed by atoms with E-state index < -0.39 is 3.79 Å². The number of piperidine rings is 1. The van der Waals surface area contributed by atoms with Crippen molar-refractivity contribution in [1.29, 1.82) is 0 Å². The molecule has 0 bridgehead atoms. The fourth-order valence-electron chi connectivity index (χ4n) is 3.57. The molecule has 1 aromatic carbocycles. The zero-order valence-electron chi connectivity index (χ0n) is 16.5. The van der Waals surface area contributed by atoms with E-state index >= 15 is 0 Å². The number of para-hydroxylation sites is 1. The lowest BCUT2D eigenvalue weighted by Gasteiger charge is -2.31. The lowest BCUT2D eigenvalue weighted by atomic mass is 9.97. The van der Waals surface area contributed by atoms with E-state index in [0.717, 1.165) is 43.4 Å². The molecule has 1 aromatic heterocycles. The first-order valence-corrected chi connectivity index (χ1v) is 11.1. The Morgan fingerprint density at radius 3 is 2.60 bits per heavy atom. The molecule has 1 saturated heterocycles. The van der Waals surface area contributed by atoms with Gasteiger partial charge < -0.3 is 19.4 Å². The Morgan fingerprint density at radius 1 is 1.13 bits per heavy atom. The van der Waals surface area contributed by atoms with Crippen LogP contribution in [0.15, 0.2) is 30.5 Å². The van der Waals surface area contributed by atoms with Crippen LogP contribution in [-0.2, 0) is 14.3 Å². The highest BCUT2D eigenvalue weighted by Gasteiger charge is 2.23. The minimum absolute atomic E-state index is 0.237. The molecule has 1 N–H and O–H groups in total. The van der Waals surface area contributed by atoms with Crippen molar-refractivity contribution in [2.24, 2.45) is 5.92 Å². The van der Waals surface area contributed by atoms with Crippen molar-refractivity contribution in [3.8, 4) is 0 Å². The highest BCUT2D eigenvalue weighted by Crippen LogP contribution is 2.26. The molecule has 0 saturated carbocycles. The molecule has 1 fully saturated rings. The number of nitrogens with zero attached hydrogens (tertiary/aromatic N) is 1. The van der Waals surface area contributed by atoms with Crippen molar-refractivity contribution in [3.63, 3.8) is 0 Å². The van der Waals surface area contributed by atoms with Crippen LogP contribution in [0.2, 0.25) is 0 Å². The Labute approximate surface area is 190 Å². The molecule has 0 radical (unpaired) electrons. The van der Waals surface area contributed by atoms with Gasteiger partial charge in [0.05, 0.1) is 12.2 Å². The molecule has 9 heteroatoms. The third-order valence-corrected chi connectivity index (χ3v) is 5.55. The number of esters is 2. The normalized spacial score (nSPS) is 16.0. The summed E-state index contributed by atoms with van der Waals surface area (Å²) < 4.78 is 8.91. The number of nitrogens with one attached hydrogen (secondary N) is 1. The molecule has 164 valence electrons. The van der Waals surface area contributed by atoms with Crippen molar-refractivity contribution in [1.82, 2.24) is 9.88 Å². The van der Waals surface area contributed by atoms with Crippen LogP contribution in [0.1, 0.15) is 36.0 Å². The van der Waals surface area contributed by atoms with Crippen LogP contribution in [0.25, 0.3) is 10.9 Å². The smallest absolute Gasteiger partial charge is 0.340 e. The van der Waals surface area contributed by atoms with E-state index in [4.69, 9.17) is 44.3 Å². The molecule has 0 unspecified atom stereocenters. The third kappa shape index (κ3) is 7.05. The van der Waals surface area contributed by atoms with Crippen LogP contribution in [0.3, 0.4) is 0 Å². The van der Waals surface area contributed by atoms with E-state index in [2.05, 4.69) is 9.88 Å². The van der Waals surface area contributed by atoms with Crippen LogP contribution in [0, 0.1) is 5.92 Å². The molecule has 3 rings (SSSR count). The second kappa shape index (κ2) is 10.7. The number of alkyl halides is 3. The highest BCUT2D eigenvalue weighted by molar-refractivity contribution is 6.67. The molecular formula is C21H25Cl3N2O4. The Balaban J connectivity index is 1.32. The molecule has 1 aliphatic heterocycles. The van der Waals surface area contributed by atoms with Gasteiger partial charge in [0.15, 0.2) is 0 Å². The van der Waals surface area contributed by atoms with Crippen LogP contribution >= 0.6 is 34.8 Å². The zero-order chi connectivity index (χ0) is 21.6. The molecule has 6 nitrogen and oxygen atoms in total. The number of hydrogen-bond donors (Lipinski definition) is 1. The van der Waals surface area contributed by atoms with Crippen molar-refractivity contribution in [3.05, 3.63) is 36.0 Å². The minimum Gasteiger partial charge on any atom is -0.462 e. The first kappa shape index (κ1) is 23.2. The Hall–Kier alpha value is -1.47. The quantitative estimate of drug-likeness (QED) is 0.441. The van der Waals surface area contributed by atoms with Gasteiger partial charge in [0.25, 0.3) is 0 Å². The number of carbonyl (C=O) groups is 2. The number of H-pyrrole nitrogens is 1. The second-order valence-electron chi connectivity index (χ2n) is 7.51. The van der Waals surface area contributed by atoms with E-state index in [0.29, 0.717) is 30.9 Å². The van der Waals surface area contributed by atoms with Crippen molar-refractivity contribution in [2.75, 3.05) is 32.8 Å². The maximum absolute atomic E-state index is 12.4.